The Kier molecular flexibility index (Phi) is 4.47. The van der Waals surface area contributed by atoms with E-state index >= 15 is 0 Å². The third-order valence-electron chi connectivity index (χ3n) is 6.38. The summed E-state index contributed by atoms with van der Waals surface area (Å²) in [7, 11) is 0. The normalized spacial score (nSPS) is 29.8. The average Bonchev–Trinajstić information content (AvgIpc) is 2.63. The molecule has 0 heterocycles. The molecule has 0 amide bonds. The molecule has 0 radical (unpaired) electrons. The highest BCUT2D eigenvalue weighted by atomic mass is 35.5. The maximum absolute atomic E-state index is 10.9. The molecular formula is C23H23ClO2. The monoisotopic (exact) mass is 366 g/mol. The Bertz CT molecular complexity index is 867. The third kappa shape index (κ3) is 3.00. The highest BCUT2D eigenvalue weighted by molar-refractivity contribution is 6.30. The van der Waals surface area contributed by atoms with E-state index in [0.29, 0.717) is 24.5 Å². The van der Waals surface area contributed by atoms with Crippen LogP contribution in [0.2, 0.25) is 0 Å². The van der Waals surface area contributed by atoms with E-state index in [4.69, 9.17) is 11.6 Å². The summed E-state index contributed by atoms with van der Waals surface area (Å²) in [6, 6.07) is 16.4. The van der Waals surface area contributed by atoms with Crippen LogP contribution in [-0.4, -0.2) is 15.8 Å². The van der Waals surface area contributed by atoms with E-state index < -0.39 is 5.60 Å². The van der Waals surface area contributed by atoms with Crippen LogP contribution in [0, 0.1) is 17.2 Å². The summed E-state index contributed by atoms with van der Waals surface area (Å²) >= 11 is 5.61. The van der Waals surface area contributed by atoms with E-state index in [1.807, 2.05) is 12.1 Å². The lowest BCUT2D eigenvalue weighted by atomic mass is 9.53. The zero-order valence-electron chi connectivity index (χ0n) is 14.7. The van der Waals surface area contributed by atoms with Crippen molar-refractivity contribution in [2.24, 2.45) is 5.92 Å². The summed E-state index contributed by atoms with van der Waals surface area (Å²) in [4.78, 5) is 0. The van der Waals surface area contributed by atoms with Gasteiger partial charge in [-0.2, -0.15) is 0 Å². The van der Waals surface area contributed by atoms with E-state index in [1.54, 1.807) is 6.07 Å². The first kappa shape index (κ1) is 17.5. The quantitative estimate of drug-likeness (QED) is 0.765. The van der Waals surface area contributed by atoms with Crippen LogP contribution >= 0.6 is 11.6 Å². The average molecular weight is 367 g/mol. The molecule has 1 saturated carbocycles. The lowest BCUT2D eigenvalue weighted by Gasteiger charge is -2.52. The van der Waals surface area contributed by atoms with Gasteiger partial charge in [0.25, 0.3) is 0 Å². The molecular weight excluding hydrogens is 344 g/mol. The molecule has 0 aromatic heterocycles. The van der Waals surface area contributed by atoms with E-state index in [9.17, 15) is 10.2 Å². The van der Waals surface area contributed by atoms with E-state index in [1.165, 1.54) is 16.7 Å². The van der Waals surface area contributed by atoms with Gasteiger partial charge < -0.3 is 10.2 Å². The number of aryl methyl sites for hydroxylation is 1. The standard InChI is InChI=1S/C23H23ClO2/c24-13-12-22(26)10-11-23(15-17-4-2-1-3-5-17)19(16-22)7-6-18-14-20(25)8-9-21(18)23/h1-5,8-9,14,19,25-26H,6-7,10-11,15-16H2/t19-,22+,23-/m1/s1. The molecule has 0 bridgehead atoms. The highest BCUT2D eigenvalue weighted by Gasteiger charge is 2.51. The largest absolute Gasteiger partial charge is 0.508 e. The van der Waals surface area contributed by atoms with Crippen LogP contribution in [0.4, 0.5) is 0 Å². The minimum absolute atomic E-state index is 0.0249. The number of aromatic hydroxyl groups is 1. The van der Waals surface area contributed by atoms with Gasteiger partial charge in [0.1, 0.15) is 11.4 Å². The number of halogens is 1. The summed E-state index contributed by atoms with van der Waals surface area (Å²) < 4.78 is 0. The van der Waals surface area contributed by atoms with Gasteiger partial charge >= 0.3 is 0 Å². The van der Waals surface area contributed by atoms with Crippen molar-refractivity contribution in [2.45, 2.75) is 49.5 Å². The Labute approximate surface area is 159 Å². The maximum atomic E-state index is 10.9. The Hall–Kier alpha value is -1.95. The number of aliphatic hydroxyl groups is 1. The number of rotatable bonds is 2. The molecule has 2 nitrogen and oxygen atoms in total. The first-order valence-corrected chi connectivity index (χ1v) is 9.64. The summed E-state index contributed by atoms with van der Waals surface area (Å²) in [5, 5.41) is 23.2. The fraction of sp³-hybridized carbons (Fsp3) is 0.391. The molecule has 2 N–H and O–H groups in total. The van der Waals surface area contributed by atoms with Crippen molar-refractivity contribution in [3.63, 3.8) is 0 Å². The second-order valence-electron chi connectivity index (χ2n) is 7.85. The van der Waals surface area contributed by atoms with Crippen LogP contribution in [-0.2, 0) is 18.3 Å². The number of phenols is 1. The Morgan fingerprint density at radius 2 is 1.92 bits per heavy atom. The predicted molar refractivity (Wildman–Crippen MR) is 104 cm³/mol. The second-order valence-corrected chi connectivity index (χ2v) is 8.04. The lowest BCUT2D eigenvalue weighted by Crippen LogP contribution is -2.50. The summed E-state index contributed by atoms with van der Waals surface area (Å²) in [6.07, 6.45) is 5.01. The molecule has 2 aliphatic carbocycles. The molecule has 1 fully saturated rings. The highest BCUT2D eigenvalue weighted by Crippen LogP contribution is 2.54. The van der Waals surface area contributed by atoms with Gasteiger partial charge in [-0.3, -0.25) is 0 Å². The minimum atomic E-state index is -0.985. The van der Waals surface area contributed by atoms with Gasteiger partial charge in [-0.25, -0.2) is 0 Å². The molecule has 3 atom stereocenters. The summed E-state index contributed by atoms with van der Waals surface area (Å²) in [5.74, 6) is 3.51. The summed E-state index contributed by atoms with van der Waals surface area (Å²) in [6.45, 7) is 0. The van der Waals surface area contributed by atoms with Gasteiger partial charge in [0.05, 0.1) is 0 Å². The van der Waals surface area contributed by atoms with Gasteiger partial charge in [-0.1, -0.05) is 42.3 Å². The number of fused-ring (bicyclic) bond motifs is 3. The zero-order valence-corrected chi connectivity index (χ0v) is 15.5. The minimum Gasteiger partial charge on any atom is -0.508 e. The Morgan fingerprint density at radius 3 is 2.69 bits per heavy atom. The molecule has 2 aliphatic rings. The smallest absolute Gasteiger partial charge is 0.127 e. The van der Waals surface area contributed by atoms with Crippen molar-refractivity contribution >= 4 is 11.6 Å². The van der Waals surface area contributed by atoms with Crippen molar-refractivity contribution in [3.8, 4) is 17.0 Å². The second kappa shape index (κ2) is 6.65. The SMILES string of the molecule is Oc1ccc2c(c1)CC[C@@H]1C[C@@](O)(C#CCl)CC[C@]21Cc1ccccc1. The molecule has 26 heavy (non-hydrogen) atoms. The fourth-order valence-electron chi connectivity index (χ4n) is 5.16. The zero-order chi connectivity index (χ0) is 18.2. The molecule has 134 valence electrons. The Balaban J connectivity index is 1.79. The van der Waals surface area contributed by atoms with Crippen LogP contribution in [0.15, 0.2) is 48.5 Å². The molecule has 4 rings (SSSR count). The first-order chi connectivity index (χ1) is 12.5. The molecule has 2 aromatic rings. The third-order valence-corrected chi connectivity index (χ3v) is 6.47. The number of hydrogen-bond donors (Lipinski definition) is 2. The summed E-state index contributed by atoms with van der Waals surface area (Å²) in [5.41, 5.74) is 2.87. The van der Waals surface area contributed by atoms with Gasteiger partial charge in [-0.15, -0.1) is 0 Å². The molecule has 3 heteroatoms. The molecule has 2 aromatic carbocycles. The van der Waals surface area contributed by atoms with Crippen LogP contribution in [0.1, 0.15) is 42.4 Å². The first-order valence-electron chi connectivity index (χ1n) is 9.26. The van der Waals surface area contributed by atoms with E-state index in [-0.39, 0.29) is 5.41 Å². The van der Waals surface area contributed by atoms with E-state index in [0.717, 1.165) is 25.7 Å². The number of hydrogen-bond acceptors (Lipinski definition) is 2. The Morgan fingerprint density at radius 1 is 1.12 bits per heavy atom. The van der Waals surface area contributed by atoms with Crippen molar-refractivity contribution in [1.29, 1.82) is 0 Å². The molecule has 0 unspecified atom stereocenters. The van der Waals surface area contributed by atoms with Gasteiger partial charge in [0.15, 0.2) is 0 Å². The van der Waals surface area contributed by atoms with Crippen LogP contribution < -0.4 is 0 Å². The van der Waals surface area contributed by atoms with E-state index in [2.05, 4.69) is 41.6 Å². The molecule has 0 spiro atoms. The fourth-order valence-corrected chi connectivity index (χ4v) is 5.34. The van der Waals surface area contributed by atoms with Crippen LogP contribution in [0.25, 0.3) is 0 Å². The number of phenolic OH excluding ortho intramolecular Hbond substituents is 1. The van der Waals surface area contributed by atoms with Crippen molar-refractivity contribution in [2.75, 3.05) is 0 Å². The van der Waals surface area contributed by atoms with Crippen molar-refractivity contribution in [3.05, 3.63) is 65.2 Å². The molecule has 0 saturated heterocycles. The predicted octanol–water partition coefficient (Wildman–Crippen LogP) is 4.55. The topological polar surface area (TPSA) is 40.5 Å². The van der Waals surface area contributed by atoms with Crippen molar-refractivity contribution < 1.29 is 10.2 Å². The lowest BCUT2D eigenvalue weighted by molar-refractivity contribution is -0.00796. The number of benzene rings is 2. The molecule has 0 aliphatic heterocycles. The van der Waals surface area contributed by atoms with Gasteiger partial charge in [0, 0.05) is 10.8 Å². The van der Waals surface area contributed by atoms with Crippen LogP contribution in [0.3, 0.4) is 0 Å². The van der Waals surface area contributed by atoms with Crippen molar-refractivity contribution in [1.82, 2.24) is 0 Å². The maximum Gasteiger partial charge on any atom is 0.127 e. The van der Waals surface area contributed by atoms with Gasteiger partial charge in [-0.05, 0) is 84.9 Å². The van der Waals surface area contributed by atoms with Crippen LogP contribution in [0.5, 0.6) is 5.75 Å². The van der Waals surface area contributed by atoms with Gasteiger partial charge in [0.2, 0.25) is 0 Å².